The van der Waals surface area contributed by atoms with Crippen LogP contribution in [0.1, 0.15) is 40.9 Å². The molecular formula is C18H19ClF2N2O. The summed E-state index contributed by atoms with van der Waals surface area (Å²) < 4.78 is 26.3. The lowest BCUT2D eigenvalue weighted by Crippen LogP contribution is -2.28. The van der Waals surface area contributed by atoms with Crippen LogP contribution in [0.5, 0.6) is 0 Å². The molecule has 0 saturated carbocycles. The summed E-state index contributed by atoms with van der Waals surface area (Å²) in [7, 11) is 0. The molecule has 1 amide bonds. The zero-order valence-electron chi connectivity index (χ0n) is 13.2. The minimum atomic E-state index is -0.912. The minimum absolute atomic E-state index is 0. The Labute approximate surface area is 145 Å². The molecular weight excluding hydrogens is 334 g/mol. The number of carbonyl (C=O) groups excluding carboxylic acids is 1. The van der Waals surface area contributed by atoms with Gasteiger partial charge in [-0.05, 0) is 55.2 Å². The first kappa shape index (κ1) is 18.2. The van der Waals surface area contributed by atoms with Crippen molar-refractivity contribution in [3.63, 3.8) is 0 Å². The highest BCUT2D eigenvalue weighted by Gasteiger charge is 2.19. The largest absolute Gasteiger partial charge is 0.385 e. The first-order valence-electron chi connectivity index (χ1n) is 7.68. The van der Waals surface area contributed by atoms with Gasteiger partial charge < -0.3 is 10.6 Å². The van der Waals surface area contributed by atoms with E-state index in [1.165, 1.54) is 6.07 Å². The zero-order valence-corrected chi connectivity index (χ0v) is 14.1. The van der Waals surface area contributed by atoms with Gasteiger partial charge in [0.2, 0.25) is 0 Å². The number of anilines is 1. The predicted molar refractivity (Wildman–Crippen MR) is 92.7 cm³/mol. The number of carbonyl (C=O) groups is 1. The van der Waals surface area contributed by atoms with E-state index >= 15 is 0 Å². The fourth-order valence-electron chi connectivity index (χ4n) is 2.86. The maximum absolute atomic E-state index is 13.3. The van der Waals surface area contributed by atoms with E-state index in [4.69, 9.17) is 0 Å². The van der Waals surface area contributed by atoms with Crippen LogP contribution in [0.15, 0.2) is 36.4 Å². The van der Waals surface area contributed by atoms with Crippen LogP contribution in [0.3, 0.4) is 0 Å². The van der Waals surface area contributed by atoms with E-state index < -0.39 is 17.7 Å². The van der Waals surface area contributed by atoms with Gasteiger partial charge in [-0.3, -0.25) is 4.79 Å². The first-order valence-corrected chi connectivity index (χ1v) is 7.68. The van der Waals surface area contributed by atoms with Crippen molar-refractivity contribution in [3.05, 3.63) is 64.7 Å². The van der Waals surface area contributed by atoms with E-state index in [0.29, 0.717) is 11.1 Å². The number of amides is 1. The van der Waals surface area contributed by atoms with Gasteiger partial charge in [0.1, 0.15) is 0 Å². The Hall–Kier alpha value is -2.14. The molecule has 0 radical (unpaired) electrons. The predicted octanol–water partition coefficient (Wildman–Crippen LogP) is 4.24. The van der Waals surface area contributed by atoms with E-state index in [-0.39, 0.29) is 18.3 Å². The second-order valence-electron chi connectivity index (χ2n) is 5.73. The van der Waals surface area contributed by atoms with Crippen LogP contribution in [-0.4, -0.2) is 12.5 Å². The summed E-state index contributed by atoms with van der Waals surface area (Å²) in [4.78, 5) is 12.5. The standard InChI is InChI=1S/C18H18F2N2O.ClH/c1-11(12-7-8-15(19)16(20)10-12)22-18(23)14-4-2-6-17-13(14)5-3-9-21-17;/h2,4,6-8,10-11,21H,3,5,9H2,1H3,(H,22,23);1H. The Morgan fingerprint density at radius 3 is 2.75 bits per heavy atom. The third-order valence-corrected chi connectivity index (χ3v) is 4.13. The van der Waals surface area contributed by atoms with Gasteiger partial charge in [0.15, 0.2) is 11.6 Å². The molecule has 3 rings (SSSR count). The summed E-state index contributed by atoms with van der Waals surface area (Å²) in [5.41, 5.74) is 3.16. The van der Waals surface area contributed by atoms with Crippen molar-refractivity contribution < 1.29 is 13.6 Å². The summed E-state index contributed by atoms with van der Waals surface area (Å²) >= 11 is 0. The lowest BCUT2D eigenvalue weighted by atomic mass is 9.96. The van der Waals surface area contributed by atoms with Gasteiger partial charge >= 0.3 is 0 Å². The molecule has 1 atom stereocenters. The summed E-state index contributed by atoms with van der Waals surface area (Å²) in [6.45, 7) is 2.65. The second-order valence-corrected chi connectivity index (χ2v) is 5.73. The van der Waals surface area contributed by atoms with Gasteiger partial charge in [0, 0.05) is 17.8 Å². The molecule has 2 aromatic rings. The second kappa shape index (κ2) is 7.62. The molecule has 1 aliphatic heterocycles. The lowest BCUT2D eigenvalue weighted by Gasteiger charge is -2.22. The van der Waals surface area contributed by atoms with Crippen molar-refractivity contribution in [3.8, 4) is 0 Å². The number of halogens is 3. The van der Waals surface area contributed by atoms with Gasteiger partial charge in [-0.1, -0.05) is 12.1 Å². The molecule has 0 fully saturated rings. The Kier molecular flexibility index (Phi) is 5.78. The normalized spacial score (nSPS) is 14.0. The molecule has 6 heteroatoms. The number of benzene rings is 2. The molecule has 3 nitrogen and oxygen atoms in total. The molecule has 1 unspecified atom stereocenters. The quantitative estimate of drug-likeness (QED) is 0.867. The molecule has 1 heterocycles. The Bertz CT molecular complexity index is 752. The topological polar surface area (TPSA) is 41.1 Å². The average molecular weight is 353 g/mol. The number of hydrogen-bond donors (Lipinski definition) is 2. The van der Waals surface area contributed by atoms with Crippen molar-refractivity contribution in [1.82, 2.24) is 5.32 Å². The van der Waals surface area contributed by atoms with Crippen LogP contribution in [0.2, 0.25) is 0 Å². The average Bonchev–Trinajstić information content (AvgIpc) is 2.56. The fraction of sp³-hybridized carbons (Fsp3) is 0.278. The van der Waals surface area contributed by atoms with Crippen molar-refractivity contribution in [1.29, 1.82) is 0 Å². The first-order chi connectivity index (χ1) is 11.1. The summed E-state index contributed by atoms with van der Waals surface area (Å²) in [6.07, 6.45) is 1.83. The van der Waals surface area contributed by atoms with Crippen molar-refractivity contribution in [2.24, 2.45) is 0 Å². The molecule has 0 saturated heterocycles. The monoisotopic (exact) mass is 352 g/mol. The SMILES string of the molecule is CC(NC(=O)c1cccc2c1CCCN2)c1ccc(F)c(F)c1.Cl. The van der Waals surface area contributed by atoms with E-state index in [2.05, 4.69) is 10.6 Å². The van der Waals surface area contributed by atoms with E-state index in [1.807, 2.05) is 12.1 Å². The van der Waals surface area contributed by atoms with Crippen LogP contribution in [-0.2, 0) is 6.42 Å². The highest BCUT2D eigenvalue weighted by molar-refractivity contribution is 5.97. The van der Waals surface area contributed by atoms with Crippen LogP contribution >= 0.6 is 12.4 Å². The molecule has 0 aromatic heterocycles. The maximum Gasteiger partial charge on any atom is 0.252 e. The van der Waals surface area contributed by atoms with E-state index in [9.17, 15) is 13.6 Å². The van der Waals surface area contributed by atoms with Gasteiger partial charge in [0.25, 0.3) is 5.91 Å². The molecule has 0 aliphatic carbocycles. The van der Waals surface area contributed by atoms with Crippen LogP contribution < -0.4 is 10.6 Å². The zero-order chi connectivity index (χ0) is 16.4. The third-order valence-electron chi connectivity index (χ3n) is 4.13. The molecule has 1 aliphatic rings. The Morgan fingerprint density at radius 1 is 1.21 bits per heavy atom. The number of fused-ring (bicyclic) bond motifs is 1. The van der Waals surface area contributed by atoms with Crippen molar-refractivity contribution in [2.45, 2.75) is 25.8 Å². The molecule has 2 N–H and O–H groups in total. The van der Waals surface area contributed by atoms with Crippen molar-refractivity contribution in [2.75, 3.05) is 11.9 Å². The molecule has 24 heavy (non-hydrogen) atoms. The van der Waals surface area contributed by atoms with Gasteiger partial charge in [-0.2, -0.15) is 0 Å². The molecule has 2 aromatic carbocycles. The Balaban J connectivity index is 0.00000208. The summed E-state index contributed by atoms with van der Waals surface area (Å²) in [5, 5.41) is 6.14. The lowest BCUT2D eigenvalue weighted by molar-refractivity contribution is 0.0939. The molecule has 0 spiro atoms. The number of hydrogen-bond acceptors (Lipinski definition) is 2. The van der Waals surface area contributed by atoms with Crippen LogP contribution in [0.4, 0.5) is 14.5 Å². The summed E-state index contributed by atoms with van der Waals surface area (Å²) in [6, 6.07) is 8.84. The van der Waals surface area contributed by atoms with Gasteiger partial charge in [0.05, 0.1) is 6.04 Å². The molecule has 0 bridgehead atoms. The molecule has 128 valence electrons. The van der Waals surface area contributed by atoms with Crippen LogP contribution in [0, 0.1) is 11.6 Å². The van der Waals surface area contributed by atoms with Crippen molar-refractivity contribution >= 4 is 24.0 Å². The van der Waals surface area contributed by atoms with Crippen LogP contribution in [0.25, 0.3) is 0 Å². The maximum atomic E-state index is 13.3. The van der Waals surface area contributed by atoms with Gasteiger partial charge in [-0.25, -0.2) is 8.78 Å². The Morgan fingerprint density at radius 2 is 2.00 bits per heavy atom. The summed E-state index contributed by atoms with van der Waals surface area (Å²) in [5.74, 6) is -2.01. The third kappa shape index (κ3) is 3.67. The number of nitrogens with one attached hydrogen (secondary N) is 2. The highest BCUT2D eigenvalue weighted by Crippen LogP contribution is 2.26. The fourth-order valence-corrected chi connectivity index (χ4v) is 2.86. The van der Waals surface area contributed by atoms with E-state index in [0.717, 1.165) is 42.8 Å². The van der Waals surface area contributed by atoms with Gasteiger partial charge in [-0.15, -0.1) is 12.4 Å². The van der Waals surface area contributed by atoms with E-state index in [1.54, 1.807) is 13.0 Å². The highest BCUT2D eigenvalue weighted by atomic mass is 35.5. The number of rotatable bonds is 3. The smallest absolute Gasteiger partial charge is 0.252 e. The minimum Gasteiger partial charge on any atom is -0.385 e.